The highest BCUT2D eigenvalue weighted by Gasteiger charge is 2.19. The van der Waals surface area contributed by atoms with E-state index in [2.05, 4.69) is 12.1 Å². The van der Waals surface area contributed by atoms with Crippen molar-refractivity contribution in [3.05, 3.63) is 94.8 Å². The number of rotatable bonds is 2. The van der Waals surface area contributed by atoms with E-state index in [1.165, 1.54) is 46.5 Å². The van der Waals surface area contributed by atoms with Crippen LogP contribution in [0.2, 0.25) is 0 Å². The molecule has 0 spiro atoms. The SMILES string of the molecule is O=C(c1ccc(F)cc1)c1ccc2c(c1)Cc1ccccc1-2. The van der Waals surface area contributed by atoms with Crippen LogP contribution >= 0.6 is 0 Å². The van der Waals surface area contributed by atoms with Gasteiger partial charge < -0.3 is 0 Å². The predicted molar refractivity (Wildman–Crippen MR) is 84.5 cm³/mol. The minimum atomic E-state index is -0.332. The molecule has 0 unspecified atom stereocenters. The quantitative estimate of drug-likeness (QED) is 0.492. The molecule has 1 aliphatic carbocycles. The summed E-state index contributed by atoms with van der Waals surface area (Å²) in [5, 5.41) is 0. The Morgan fingerprint density at radius 1 is 0.773 bits per heavy atom. The van der Waals surface area contributed by atoms with E-state index in [-0.39, 0.29) is 11.6 Å². The van der Waals surface area contributed by atoms with Crippen LogP contribution in [0, 0.1) is 5.82 Å². The smallest absolute Gasteiger partial charge is 0.193 e. The Morgan fingerprint density at radius 3 is 2.27 bits per heavy atom. The fourth-order valence-electron chi connectivity index (χ4n) is 3.05. The largest absolute Gasteiger partial charge is 0.289 e. The number of hydrogen-bond donors (Lipinski definition) is 0. The van der Waals surface area contributed by atoms with Crippen molar-refractivity contribution < 1.29 is 9.18 Å². The second-order valence-electron chi connectivity index (χ2n) is 5.54. The lowest BCUT2D eigenvalue weighted by atomic mass is 9.98. The molecule has 0 atom stereocenters. The Labute approximate surface area is 128 Å². The van der Waals surface area contributed by atoms with Crippen LogP contribution in [0.1, 0.15) is 27.0 Å². The maximum absolute atomic E-state index is 13.0. The van der Waals surface area contributed by atoms with Gasteiger partial charge in [-0.05, 0) is 59.0 Å². The van der Waals surface area contributed by atoms with Crippen LogP contribution in [-0.2, 0) is 6.42 Å². The zero-order valence-corrected chi connectivity index (χ0v) is 11.8. The molecule has 3 aromatic carbocycles. The van der Waals surface area contributed by atoms with Crippen molar-refractivity contribution in [2.75, 3.05) is 0 Å². The fourth-order valence-corrected chi connectivity index (χ4v) is 3.05. The molecule has 0 bridgehead atoms. The molecular formula is C20H13FO. The van der Waals surface area contributed by atoms with E-state index >= 15 is 0 Å². The van der Waals surface area contributed by atoms with Gasteiger partial charge in [0.15, 0.2) is 5.78 Å². The number of hydrogen-bond acceptors (Lipinski definition) is 1. The van der Waals surface area contributed by atoms with Crippen molar-refractivity contribution in [2.24, 2.45) is 0 Å². The lowest BCUT2D eigenvalue weighted by Gasteiger charge is -2.05. The molecule has 1 nitrogen and oxygen atoms in total. The molecule has 106 valence electrons. The van der Waals surface area contributed by atoms with Crippen LogP contribution in [0.5, 0.6) is 0 Å². The Balaban J connectivity index is 1.73. The number of ketones is 1. The molecule has 3 aromatic rings. The molecular weight excluding hydrogens is 275 g/mol. The van der Waals surface area contributed by atoms with Crippen LogP contribution in [0.4, 0.5) is 4.39 Å². The molecule has 0 N–H and O–H groups in total. The molecule has 0 amide bonds. The van der Waals surface area contributed by atoms with Gasteiger partial charge in [-0.15, -0.1) is 0 Å². The third-order valence-corrected chi connectivity index (χ3v) is 4.16. The summed E-state index contributed by atoms with van der Waals surface area (Å²) in [5.41, 5.74) is 6.08. The van der Waals surface area contributed by atoms with Crippen LogP contribution in [0.15, 0.2) is 66.7 Å². The van der Waals surface area contributed by atoms with Gasteiger partial charge in [-0.3, -0.25) is 4.79 Å². The Kier molecular flexibility index (Phi) is 2.90. The summed E-state index contributed by atoms with van der Waals surface area (Å²) in [6.45, 7) is 0. The lowest BCUT2D eigenvalue weighted by Crippen LogP contribution is -2.02. The normalized spacial score (nSPS) is 11.9. The summed E-state index contributed by atoms with van der Waals surface area (Å²) in [4.78, 5) is 12.5. The standard InChI is InChI=1S/C20H13FO/c21-17-8-5-13(6-9-17)20(22)15-7-10-19-16(12-15)11-14-3-1-2-4-18(14)19/h1-10,12H,11H2. The van der Waals surface area contributed by atoms with Crippen LogP contribution < -0.4 is 0 Å². The molecule has 0 radical (unpaired) electrons. The van der Waals surface area contributed by atoms with Gasteiger partial charge in [0.2, 0.25) is 0 Å². The first kappa shape index (κ1) is 13.0. The highest BCUT2D eigenvalue weighted by atomic mass is 19.1. The minimum Gasteiger partial charge on any atom is -0.289 e. The van der Waals surface area contributed by atoms with Crippen LogP contribution in [-0.4, -0.2) is 5.78 Å². The van der Waals surface area contributed by atoms with E-state index in [0.717, 1.165) is 6.42 Å². The predicted octanol–water partition coefficient (Wildman–Crippen LogP) is 4.63. The molecule has 0 fully saturated rings. The van der Waals surface area contributed by atoms with Crippen molar-refractivity contribution >= 4 is 5.78 Å². The average molecular weight is 288 g/mol. The summed E-state index contributed by atoms with van der Waals surface area (Å²) >= 11 is 0. The molecule has 0 aliphatic heterocycles. The average Bonchev–Trinajstić information content (AvgIpc) is 2.92. The topological polar surface area (TPSA) is 17.1 Å². The van der Waals surface area contributed by atoms with Gasteiger partial charge in [-0.1, -0.05) is 36.4 Å². The summed E-state index contributed by atoms with van der Waals surface area (Å²) in [5.74, 6) is -0.403. The van der Waals surface area contributed by atoms with Gasteiger partial charge in [0.25, 0.3) is 0 Å². The van der Waals surface area contributed by atoms with Crippen LogP contribution in [0.3, 0.4) is 0 Å². The van der Waals surface area contributed by atoms with Gasteiger partial charge in [-0.25, -0.2) is 4.39 Å². The van der Waals surface area contributed by atoms with Gasteiger partial charge >= 0.3 is 0 Å². The lowest BCUT2D eigenvalue weighted by molar-refractivity contribution is 0.103. The second-order valence-corrected chi connectivity index (χ2v) is 5.54. The zero-order chi connectivity index (χ0) is 15.1. The minimum absolute atomic E-state index is 0.0706. The number of fused-ring (bicyclic) bond motifs is 3. The van der Waals surface area contributed by atoms with Crippen molar-refractivity contribution in [1.29, 1.82) is 0 Å². The van der Waals surface area contributed by atoms with Crippen molar-refractivity contribution in [1.82, 2.24) is 0 Å². The van der Waals surface area contributed by atoms with E-state index in [1.54, 1.807) is 0 Å². The Morgan fingerprint density at radius 2 is 1.45 bits per heavy atom. The highest BCUT2D eigenvalue weighted by Crippen LogP contribution is 2.36. The van der Waals surface area contributed by atoms with E-state index in [9.17, 15) is 9.18 Å². The molecule has 2 heteroatoms. The maximum atomic E-state index is 13.0. The maximum Gasteiger partial charge on any atom is 0.193 e. The summed E-state index contributed by atoms with van der Waals surface area (Å²) in [6, 6.07) is 19.8. The second kappa shape index (κ2) is 4.92. The van der Waals surface area contributed by atoms with Gasteiger partial charge in [-0.2, -0.15) is 0 Å². The third-order valence-electron chi connectivity index (χ3n) is 4.16. The third kappa shape index (κ3) is 2.04. The van der Waals surface area contributed by atoms with E-state index < -0.39 is 0 Å². The van der Waals surface area contributed by atoms with E-state index in [0.29, 0.717) is 11.1 Å². The number of carbonyl (C=O) groups is 1. The zero-order valence-electron chi connectivity index (χ0n) is 11.8. The molecule has 0 heterocycles. The van der Waals surface area contributed by atoms with Gasteiger partial charge in [0, 0.05) is 11.1 Å². The van der Waals surface area contributed by atoms with Crippen molar-refractivity contribution in [3.8, 4) is 11.1 Å². The molecule has 0 saturated carbocycles. The highest BCUT2D eigenvalue weighted by molar-refractivity contribution is 6.09. The monoisotopic (exact) mass is 288 g/mol. The Bertz CT molecular complexity index is 878. The summed E-state index contributed by atoms with van der Waals surface area (Å²) in [6.07, 6.45) is 0.857. The first-order chi connectivity index (χ1) is 10.7. The first-order valence-electron chi connectivity index (χ1n) is 7.24. The van der Waals surface area contributed by atoms with Crippen molar-refractivity contribution in [2.45, 2.75) is 6.42 Å². The number of benzene rings is 3. The van der Waals surface area contributed by atoms with E-state index in [1.807, 2.05) is 30.3 Å². The van der Waals surface area contributed by atoms with E-state index in [4.69, 9.17) is 0 Å². The first-order valence-corrected chi connectivity index (χ1v) is 7.24. The summed E-state index contributed by atoms with van der Waals surface area (Å²) in [7, 11) is 0. The number of halogens is 1. The van der Waals surface area contributed by atoms with Crippen molar-refractivity contribution in [3.63, 3.8) is 0 Å². The fraction of sp³-hybridized carbons (Fsp3) is 0.0500. The molecule has 1 aliphatic rings. The molecule has 22 heavy (non-hydrogen) atoms. The van der Waals surface area contributed by atoms with Gasteiger partial charge in [0.05, 0.1) is 0 Å². The summed E-state index contributed by atoms with van der Waals surface area (Å²) < 4.78 is 13.0. The Hall–Kier alpha value is -2.74. The molecule has 0 aromatic heterocycles. The molecule has 4 rings (SSSR count). The molecule has 0 saturated heterocycles. The van der Waals surface area contributed by atoms with Crippen LogP contribution in [0.25, 0.3) is 11.1 Å². The van der Waals surface area contributed by atoms with Gasteiger partial charge in [0.1, 0.15) is 5.82 Å². The number of carbonyl (C=O) groups excluding carboxylic acids is 1.